The second-order valence-corrected chi connectivity index (χ2v) is 6.72. The van der Waals surface area contributed by atoms with Crippen molar-refractivity contribution in [2.45, 2.75) is 24.5 Å². The Kier molecular flexibility index (Phi) is 4.11. The number of hydrogen-bond acceptors (Lipinski definition) is 2. The molecule has 2 rings (SSSR count). The number of thiophene rings is 1. The Morgan fingerprint density at radius 1 is 1.25 bits per heavy atom. The molecule has 0 aliphatic heterocycles. The Bertz CT molecular complexity index is 488. The first-order chi connectivity index (χ1) is 7.65. The molecule has 0 bridgehead atoms. The first-order valence-electron chi connectivity index (χ1n) is 5.08. The number of rotatable bonds is 3. The van der Waals surface area contributed by atoms with Gasteiger partial charge in [-0.1, -0.05) is 17.7 Å². The summed E-state index contributed by atoms with van der Waals surface area (Å²) in [5, 5.41) is 2.14. The average molecular weight is 313 g/mol. The SMILES string of the molecule is Cc1ccc(C)c(SCc2cc(Br)cs2)c1. The van der Waals surface area contributed by atoms with E-state index in [1.807, 2.05) is 23.1 Å². The third-order valence-electron chi connectivity index (χ3n) is 2.34. The molecule has 3 heteroatoms. The van der Waals surface area contributed by atoms with Crippen molar-refractivity contribution in [1.82, 2.24) is 0 Å². The molecule has 0 atom stereocenters. The Morgan fingerprint density at radius 3 is 2.75 bits per heavy atom. The summed E-state index contributed by atoms with van der Waals surface area (Å²) in [6.45, 7) is 4.32. The Balaban J connectivity index is 2.07. The fourth-order valence-electron chi connectivity index (χ4n) is 1.44. The van der Waals surface area contributed by atoms with Crippen molar-refractivity contribution < 1.29 is 0 Å². The van der Waals surface area contributed by atoms with E-state index < -0.39 is 0 Å². The quantitative estimate of drug-likeness (QED) is 0.682. The van der Waals surface area contributed by atoms with Gasteiger partial charge in [-0.2, -0.15) is 0 Å². The fraction of sp³-hybridized carbons (Fsp3) is 0.231. The molecule has 0 saturated carbocycles. The van der Waals surface area contributed by atoms with Gasteiger partial charge >= 0.3 is 0 Å². The number of hydrogen-bond donors (Lipinski definition) is 0. The van der Waals surface area contributed by atoms with Gasteiger partial charge in [0.05, 0.1) is 0 Å². The van der Waals surface area contributed by atoms with E-state index in [1.54, 1.807) is 0 Å². The van der Waals surface area contributed by atoms with Crippen LogP contribution in [0, 0.1) is 13.8 Å². The van der Waals surface area contributed by atoms with Crippen LogP contribution < -0.4 is 0 Å². The van der Waals surface area contributed by atoms with Gasteiger partial charge in [0, 0.05) is 25.4 Å². The minimum atomic E-state index is 1.06. The molecule has 0 saturated heterocycles. The van der Waals surface area contributed by atoms with E-state index in [0.29, 0.717) is 0 Å². The van der Waals surface area contributed by atoms with Gasteiger partial charge in [0.1, 0.15) is 0 Å². The van der Waals surface area contributed by atoms with Crippen LogP contribution in [0.5, 0.6) is 0 Å². The predicted octanol–water partition coefficient (Wildman–Crippen LogP) is 5.42. The summed E-state index contributed by atoms with van der Waals surface area (Å²) >= 11 is 7.21. The van der Waals surface area contributed by atoms with Gasteiger partial charge in [-0.15, -0.1) is 23.1 Å². The largest absolute Gasteiger partial charge is 0.147 e. The van der Waals surface area contributed by atoms with Crippen LogP contribution >= 0.6 is 39.0 Å². The third kappa shape index (κ3) is 3.12. The van der Waals surface area contributed by atoms with Crippen LogP contribution in [0.3, 0.4) is 0 Å². The number of halogens is 1. The highest BCUT2D eigenvalue weighted by Crippen LogP contribution is 2.30. The van der Waals surface area contributed by atoms with Gasteiger partial charge in [-0.25, -0.2) is 0 Å². The van der Waals surface area contributed by atoms with Crippen molar-refractivity contribution in [2.75, 3.05) is 0 Å². The Labute approximate surface area is 113 Å². The van der Waals surface area contributed by atoms with Gasteiger partial charge in [-0.3, -0.25) is 0 Å². The van der Waals surface area contributed by atoms with Crippen LogP contribution in [-0.4, -0.2) is 0 Å². The highest BCUT2D eigenvalue weighted by Gasteiger charge is 2.02. The summed E-state index contributed by atoms with van der Waals surface area (Å²) in [6, 6.07) is 8.83. The smallest absolute Gasteiger partial charge is 0.0326 e. The second kappa shape index (κ2) is 5.39. The summed E-state index contributed by atoms with van der Waals surface area (Å²) in [6.07, 6.45) is 0. The highest BCUT2D eigenvalue weighted by molar-refractivity contribution is 9.10. The molecule has 0 fully saturated rings. The topological polar surface area (TPSA) is 0 Å². The number of aryl methyl sites for hydroxylation is 2. The summed E-state index contributed by atoms with van der Waals surface area (Å²) in [4.78, 5) is 2.81. The molecule has 1 heterocycles. The summed E-state index contributed by atoms with van der Waals surface area (Å²) in [5.41, 5.74) is 2.70. The molecule has 0 aliphatic rings. The summed E-state index contributed by atoms with van der Waals surface area (Å²) in [5.74, 6) is 1.06. The van der Waals surface area contributed by atoms with Crippen molar-refractivity contribution >= 4 is 39.0 Å². The number of thioether (sulfide) groups is 1. The minimum absolute atomic E-state index is 1.06. The molecule has 0 radical (unpaired) electrons. The van der Waals surface area contributed by atoms with Gasteiger partial charge in [-0.05, 0) is 47.5 Å². The van der Waals surface area contributed by atoms with E-state index in [-0.39, 0.29) is 0 Å². The molecule has 0 unspecified atom stereocenters. The lowest BCUT2D eigenvalue weighted by Crippen LogP contribution is -1.82. The van der Waals surface area contributed by atoms with Crippen LogP contribution in [-0.2, 0) is 5.75 Å². The van der Waals surface area contributed by atoms with Crippen LogP contribution in [0.15, 0.2) is 39.0 Å². The Morgan fingerprint density at radius 2 is 2.06 bits per heavy atom. The maximum atomic E-state index is 3.49. The van der Waals surface area contributed by atoms with E-state index in [0.717, 1.165) is 5.75 Å². The fourth-order valence-corrected chi connectivity index (χ4v) is 4.07. The molecule has 0 nitrogen and oxygen atoms in total. The first-order valence-corrected chi connectivity index (χ1v) is 7.74. The van der Waals surface area contributed by atoms with Crippen LogP contribution in [0.4, 0.5) is 0 Å². The van der Waals surface area contributed by atoms with Crippen molar-refractivity contribution in [2.24, 2.45) is 0 Å². The zero-order chi connectivity index (χ0) is 11.5. The lowest BCUT2D eigenvalue weighted by molar-refractivity contribution is 1.26. The van der Waals surface area contributed by atoms with Crippen molar-refractivity contribution in [3.8, 4) is 0 Å². The highest BCUT2D eigenvalue weighted by atomic mass is 79.9. The molecule has 2 aromatic rings. The molecule has 1 aromatic carbocycles. The molecule has 0 aliphatic carbocycles. The summed E-state index contributed by atoms with van der Waals surface area (Å²) in [7, 11) is 0. The first kappa shape index (κ1) is 12.2. The van der Waals surface area contributed by atoms with E-state index >= 15 is 0 Å². The molecular weight excluding hydrogens is 300 g/mol. The summed E-state index contributed by atoms with van der Waals surface area (Å²) < 4.78 is 1.19. The Hall–Kier alpha value is -0.250. The average Bonchev–Trinajstić information content (AvgIpc) is 2.66. The lowest BCUT2D eigenvalue weighted by atomic mass is 10.2. The van der Waals surface area contributed by atoms with Crippen LogP contribution in [0.25, 0.3) is 0 Å². The zero-order valence-electron chi connectivity index (χ0n) is 9.29. The molecule has 84 valence electrons. The third-order valence-corrected chi connectivity index (χ3v) is 5.42. The van der Waals surface area contributed by atoms with Crippen LogP contribution in [0.1, 0.15) is 16.0 Å². The number of benzene rings is 1. The zero-order valence-corrected chi connectivity index (χ0v) is 12.5. The molecule has 0 amide bonds. The molecular formula is C13H13BrS2. The monoisotopic (exact) mass is 312 g/mol. The van der Waals surface area contributed by atoms with Crippen molar-refractivity contribution in [3.63, 3.8) is 0 Å². The standard InChI is InChI=1S/C13H13BrS2/c1-9-3-4-10(2)13(5-9)16-8-12-6-11(14)7-15-12/h3-7H,8H2,1-2H3. The second-order valence-electron chi connectivity index (χ2n) is 3.79. The van der Waals surface area contributed by atoms with Gasteiger partial charge in [0.25, 0.3) is 0 Å². The van der Waals surface area contributed by atoms with E-state index in [1.165, 1.54) is 25.4 Å². The van der Waals surface area contributed by atoms with E-state index in [2.05, 4.69) is 59.4 Å². The minimum Gasteiger partial charge on any atom is -0.147 e. The van der Waals surface area contributed by atoms with Crippen molar-refractivity contribution in [3.05, 3.63) is 50.1 Å². The molecule has 0 N–H and O–H groups in total. The molecule has 16 heavy (non-hydrogen) atoms. The van der Waals surface area contributed by atoms with Gasteiger partial charge in [0.2, 0.25) is 0 Å². The normalized spacial score (nSPS) is 10.7. The van der Waals surface area contributed by atoms with E-state index in [4.69, 9.17) is 0 Å². The lowest BCUT2D eigenvalue weighted by Gasteiger charge is -2.05. The predicted molar refractivity (Wildman–Crippen MR) is 77.5 cm³/mol. The maximum absolute atomic E-state index is 3.49. The van der Waals surface area contributed by atoms with Crippen LogP contribution in [0.2, 0.25) is 0 Å². The van der Waals surface area contributed by atoms with Gasteiger partial charge < -0.3 is 0 Å². The van der Waals surface area contributed by atoms with Gasteiger partial charge in [0.15, 0.2) is 0 Å². The maximum Gasteiger partial charge on any atom is 0.0326 e. The van der Waals surface area contributed by atoms with E-state index in [9.17, 15) is 0 Å². The van der Waals surface area contributed by atoms with Crippen molar-refractivity contribution in [1.29, 1.82) is 0 Å². The molecule has 1 aromatic heterocycles. The molecule has 0 spiro atoms.